The minimum absolute atomic E-state index is 0.158. The van der Waals surface area contributed by atoms with Crippen LogP contribution in [0, 0.1) is 5.92 Å². The van der Waals surface area contributed by atoms with E-state index in [1.54, 1.807) is 4.68 Å². The van der Waals surface area contributed by atoms with Crippen molar-refractivity contribution in [2.75, 3.05) is 6.54 Å². The van der Waals surface area contributed by atoms with E-state index in [2.05, 4.69) is 15.2 Å². The van der Waals surface area contributed by atoms with Crippen molar-refractivity contribution in [1.82, 2.24) is 19.9 Å². The van der Waals surface area contributed by atoms with E-state index in [-0.39, 0.29) is 5.91 Å². The number of amides is 1. The molecule has 0 spiro atoms. The van der Waals surface area contributed by atoms with Gasteiger partial charge in [0.15, 0.2) is 0 Å². The number of likely N-dealkylation sites (tertiary alicyclic amines) is 1. The van der Waals surface area contributed by atoms with Crippen LogP contribution in [0.4, 0.5) is 0 Å². The molecule has 2 fully saturated rings. The van der Waals surface area contributed by atoms with Crippen molar-refractivity contribution >= 4 is 16.9 Å². The van der Waals surface area contributed by atoms with Crippen LogP contribution < -0.4 is 0 Å². The van der Waals surface area contributed by atoms with Gasteiger partial charge in [-0.2, -0.15) is 0 Å². The molecule has 1 aromatic carbocycles. The predicted molar refractivity (Wildman–Crippen MR) is 79.9 cm³/mol. The second kappa shape index (κ2) is 4.83. The molecule has 2 heterocycles. The van der Waals surface area contributed by atoms with Gasteiger partial charge in [0.05, 0.1) is 5.52 Å². The summed E-state index contributed by atoms with van der Waals surface area (Å²) in [5, 5.41) is 8.10. The molecule has 1 atom stereocenters. The first-order chi connectivity index (χ1) is 10.2. The van der Waals surface area contributed by atoms with Crippen molar-refractivity contribution in [3.05, 3.63) is 23.8 Å². The third kappa shape index (κ3) is 2.03. The van der Waals surface area contributed by atoms with Crippen LogP contribution >= 0.6 is 0 Å². The fourth-order valence-corrected chi connectivity index (χ4v) is 3.83. The second-order valence-electron chi connectivity index (χ2n) is 6.32. The van der Waals surface area contributed by atoms with Gasteiger partial charge in [0.2, 0.25) is 0 Å². The van der Waals surface area contributed by atoms with Crippen LogP contribution in [0.5, 0.6) is 0 Å². The van der Waals surface area contributed by atoms with E-state index in [1.165, 1.54) is 32.1 Å². The molecule has 1 saturated carbocycles. The number of benzene rings is 1. The number of carbonyl (C=O) groups excluding carboxylic acids is 1. The Morgan fingerprint density at radius 2 is 2.05 bits per heavy atom. The topological polar surface area (TPSA) is 51.0 Å². The van der Waals surface area contributed by atoms with Crippen molar-refractivity contribution < 1.29 is 4.79 Å². The molecule has 0 radical (unpaired) electrons. The highest BCUT2D eigenvalue weighted by Crippen LogP contribution is 2.37. The normalized spacial score (nSPS) is 22.7. The van der Waals surface area contributed by atoms with Crippen molar-refractivity contribution in [3.8, 4) is 0 Å². The molecule has 21 heavy (non-hydrogen) atoms. The van der Waals surface area contributed by atoms with Crippen LogP contribution in [0.15, 0.2) is 18.2 Å². The minimum atomic E-state index is 0.158. The highest BCUT2D eigenvalue weighted by atomic mass is 16.2. The second-order valence-corrected chi connectivity index (χ2v) is 6.32. The van der Waals surface area contributed by atoms with Crippen molar-refractivity contribution in [2.24, 2.45) is 13.0 Å². The van der Waals surface area contributed by atoms with Crippen molar-refractivity contribution in [2.45, 2.75) is 38.1 Å². The third-order valence-corrected chi connectivity index (χ3v) is 5.13. The van der Waals surface area contributed by atoms with E-state index in [4.69, 9.17) is 0 Å². The maximum atomic E-state index is 12.7. The Kier molecular flexibility index (Phi) is 2.94. The van der Waals surface area contributed by atoms with Crippen molar-refractivity contribution in [3.63, 3.8) is 0 Å². The number of hydrogen-bond donors (Lipinski definition) is 0. The Morgan fingerprint density at radius 3 is 2.76 bits per heavy atom. The number of aryl methyl sites for hydroxylation is 1. The van der Waals surface area contributed by atoms with Gasteiger partial charge in [-0.1, -0.05) is 18.1 Å². The van der Waals surface area contributed by atoms with E-state index < -0.39 is 0 Å². The van der Waals surface area contributed by atoms with Gasteiger partial charge in [0.1, 0.15) is 5.52 Å². The van der Waals surface area contributed by atoms with Gasteiger partial charge < -0.3 is 4.90 Å². The van der Waals surface area contributed by atoms with Gasteiger partial charge in [0, 0.05) is 25.2 Å². The average Bonchev–Trinajstić information content (AvgIpc) is 3.08. The molecule has 1 saturated heterocycles. The molecule has 4 rings (SSSR count). The molecule has 2 aromatic rings. The van der Waals surface area contributed by atoms with Crippen molar-refractivity contribution in [1.29, 1.82) is 0 Å². The maximum Gasteiger partial charge on any atom is 0.254 e. The fraction of sp³-hybridized carbons (Fsp3) is 0.562. The highest BCUT2D eigenvalue weighted by Gasteiger charge is 2.39. The Hall–Kier alpha value is -1.91. The number of aromatic nitrogens is 3. The van der Waals surface area contributed by atoms with E-state index >= 15 is 0 Å². The molecule has 0 bridgehead atoms. The van der Waals surface area contributed by atoms with E-state index in [9.17, 15) is 4.79 Å². The SMILES string of the molecule is Cn1nnc2cc(C(=O)N3CCC3C3CCCC3)ccc21. The van der Waals surface area contributed by atoms with E-state index in [0.29, 0.717) is 6.04 Å². The van der Waals surface area contributed by atoms with E-state index in [1.807, 2.05) is 25.2 Å². The van der Waals surface area contributed by atoms with Gasteiger partial charge in [-0.3, -0.25) is 4.79 Å². The number of nitrogens with zero attached hydrogens (tertiary/aromatic N) is 4. The molecule has 1 aliphatic heterocycles. The summed E-state index contributed by atoms with van der Waals surface area (Å²) in [6, 6.07) is 6.18. The molecule has 1 unspecified atom stereocenters. The van der Waals surface area contributed by atoms with Crippen LogP contribution in [-0.4, -0.2) is 38.4 Å². The number of carbonyl (C=O) groups is 1. The lowest BCUT2D eigenvalue weighted by Crippen LogP contribution is -2.54. The van der Waals surface area contributed by atoms with Gasteiger partial charge in [-0.05, 0) is 43.4 Å². The molecule has 110 valence electrons. The summed E-state index contributed by atoms with van der Waals surface area (Å²) in [5.74, 6) is 0.883. The lowest BCUT2D eigenvalue weighted by molar-refractivity contribution is 0.0308. The first-order valence-corrected chi connectivity index (χ1v) is 7.84. The van der Waals surface area contributed by atoms with Crippen LogP contribution in [0.25, 0.3) is 11.0 Å². The number of fused-ring (bicyclic) bond motifs is 1. The van der Waals surface area contributed by atoms with Gasteiger partial charge in [-0.15, -0.1) is 5.10 Å². The van der Waals surface area contributed by atoms with Crippen LogP contribution in [0.2, 0.25) is 0 Å². The van der Waals surface area contributed by atoms with Gasteiger partial charge in [-0.25, -0.2) is 4.68 Å². The lowest BCUT2D eigenvalue weighted by Gasteiger charge is -2.44. The summed E-state index contributed by atoms with van der Waals surface area (Å²) >= 11 is 0. The summed E-state index contributed by atoms with van der Waals surface area (Å²) in [6.07, 6.45) is 6.41. The molecule has 1 aliphatic carbocycles. The first-order valence-electron chi connectivity index (χ1n) is 7.84. The zero-order chi connectivity index (χ0) is 14.4. The third-order valence-electron chi connectivity index (χ3n) is 5.13. The lowest BCUT2D eigenvalue weighted by atomic mass is 9.87. The Morgan fingerprint density at radius 1 is 1.24 bits per heavy atom. The molecule has 0 N–H and O–H groups in total. The van der Waals surface area contributed by atoms with Crippen LogP contribution in [-0.2, 0) is 7.05 Å². The smallest absolute Gasteiger partial charge is 0.254 e. The summed E-state index contributed by atoms with van der Waals surface area (Å²) in [7, 11) is 1.86. The van der Waals surface area contributed by atoms with E-state index in [0.717, 1.165) is 29.1 Å². The summed E-state index contributed by atoms with van der Waals surface area (Å²) < 4.78 is 1.73. The van der Waals surface area contributed by atoms with Crippen LogP contribution in [0.1, 0.15) is 42.5 Å². The molecular formula is C16H20N4O. The van der Waals surface area contributed by atoms with Gasteiger partial charge >= 0.3 is 0 Å². The Labute approximate surface area is 123 Å². The Balaban J connectivity index is 1.58. The molecule has 5 nitrogen and oxygen atoms in total. The summed E-state index contributed by atoms with van der Waals surface area (Å²) in [4.78, 5) is 14.8. The minimum Gasteiger partial charge on any atom is -0.335 e. The zero-order valence-electron chi connectivity index (χ0n) is 12.3. The van der Waals surface area contributed by atoms with Gasteiger partial charge in [0.25, 0.3) is 5.91 Å². The maximum absolute atomic E-state index is 12.7. The summed E-state index contributed by atoms with van der Waals surface area (Å²) in [5.41, 5.74) is 2.49. The molecule has 5 heteroatoms. The summed E-state index contributed by atoms with van der Waals surface area (Å²) in [6.45, 7) is 0.901. The molecule has 2 aliphatic rings. The first kappa shape index (κ1) is 12.8. The standard InChI is InChI=1S/C16H20N4O/c1-19-15-7-6-12(10-13(15)17-18-19)16(21)20-9-8-14(20)11-4-2-3-5-11/h6-7,10-11,14H,2-5,8-9H2,1H3. The fourth-order valence-electron chi connectivity index (χ4n) is 3.83. The Bertz CT molecular complexity index is 687. The zero-order valence-corrected chi connectivity index (χ0v) is 12.3. The quantitative estimate of drug-likeness (QED) is 0.850. The largest absolute Gasteiger partial charge is 0.335 e. The predicted octanol–water partition coefficient (Wildman–Crippen LogP) is 2.37. The number of hydrogen-bond acceptors (Lipinski definition) is 3. The van der Waals surface area contributed by atoms with Crippen LogP contribution in [0.3, 0.4) is 0 Å². The average molecular weight is 284 g/mol. The molecular weight excluding hydrogens is 264 g/mol. The molecule has 1 aromatic heterocycles. The highest BCUT2D eigenvalue weighted by molar-refractivity contribution is 5.97. The number of rotatable bonds is 2. The molecule has 1 amide bonds. The monoisotopic (exact) mass is 284 g/mol.